The van der Waals surface area contributed by atoms with Crippen LogP contribution in [-0.2, 0) is 14.3 Å². The maximum atomic E-state index is 12.2. The van der Waals surface area contributed by atoms with E-state index in [1.165, 1.54) is 12.0 Å². The van der Waals surface area contributed by atoms with Gasteiger partial charge in [0.15, 0.2) is 5.84 Å². The maximum absolute atomic E-state index is 12.2. The van der Waals surface area contributed by atoms with E-state index in [9.17, 15) is 14.7 Å². The Labute approximate surface area is 212 Å². The number of benzene rings is 1. The van der Waals surface area contributed by atoms with E-state index < -0.39 is 29.5 Å². The summed E-state index contributed by atoms with van der Waals surface area (Å²) in [4.78, 5) is 30.2. The Morgan fingerprint density at radius 3 is 2.53 bits per heavy atom. The Morgan fingerprint density at radius 2 is 1.94 bits per heavy atom. The third kappa shape index (κ3) is 10.1. The summed E-state index contributed by atoms with van der Waals surface area (Å²) in [5.41, 5.74) is 0.0203. The second-order valence-electron chi connectivity index (χ2n) is 9.43. The van der Waals surface area contributed by atoms with E-state index in [0.717, 1.165) is 5.69 Å². The molecule has 0 saturated carbocycles. The predicted molar refractivity (Wildman–Crippen MR) is 122 cm³/mol. The van der Waals surface area contributed by atoms with Crippen LogP contribution in [-0.4, -0.2) is 62.1 Å². The van der Waals surface area contributed by atoms with E-state index in [1.807, 2.05) is 0 Å². The first-order valence-corrected chi connectivity index (χ1v) is 10.5. The first kappa shape index (κ1) is 29.4. The molecule has 1 saturated heterocycles. The topological polar surface area (TPSA) is 134 Å². The maximum Gasteiger partial charge on any atom is 1.00 e. The molecule has 2 N–H and O–H groups in total. The third-order valence-corrected chi connectivity index (χ3v) is 3.87. The molecule has 1 fully saturated rings. The van der Waals surface area contributed by atoms with Crippen molar-refractivity contribution in [1.29, 1.82) is 0 Å². The Balaban J connectivity index is 0.000000873. The molecule has 11 nitrogen and oxygen atoms in total. The summed E-state index contributed by atoms with van der Waals surface area (Å²) in [5.74, 6) is 1.15. The first-order valence-electron chi connectivity index (χ1n) is 10.5. The van der Waals surface area contributed by atoms with Gasteiger partial charge in [0.1, 0.15) is 31.2 Å². The van der Waals surface area contributed by atoms with Crippen LogP contribution in [0.25, 0.3) is 0 Å². The molecule has 0 unspecified atom stereocenters. The van der Waals surface area contributed by atoms with Gasteiger partial charge in [-0.05, 0) is 32.9 Å². The summed E-state index contributed by atoms with van der Waals surface area (Å²) in [7, 11) is 1.46. The van der Waals surface area contributed by atoms with Crippen LogP contribution in [0.1, 0.15) is 41.5 Å². The number of hydrogen-bond acceptors (Lipinski definition) is 8. The van der Waals surface area contributed by atoms with Gasteiger partial charge in [0.2, 0.25) is 0 Å². The van der Waals surface area contributed by atoms with Gasteiger partial charge in [-0.3, -0.25) is 4.90 Å². The van der Waals surface area contributed by atoms with Crippen molar-refractivity contribution >= 4 is 29.4 Å². The molecule has 2 amide bonds. The van der Waals surface area contributed by atoms with Gasteiger partial charge in [-0.15, -0.1) is 5.60 Å². The number of rotatable bonds is 4. The zero-order valence-electron chi connectivity index (χ0n) is 21.2. The minimum Gasteiger partial charge on any atom is -0.850 e. The molecule has 0 aromatic heterocycles. The predicted octanol–water partition coefficient (Wildman–Crippen LogP) is -0.550. The Bertz CT molecular complexity index is 875. The molecule has 1 aromatic carbocycles. The summed E-state index contributed by atoms with van der Waals surface area (Å²) in [5, 5.41) is 19.6. The van der Waals surface area contributed by atoms with Crippen LogP contribution in [0.3, 0.4) is 0 Å². The van der Waals surface area contributed by atoms with Gasteiger partial charge in [-0.25, -0.2) is 9.59 Å². The molecule has 2 heterocycles. The molecule has 34 heavy (non-hydrogen) atoms. The number of oxime groups is 1. The number of anilines is 2. The number of nitrogens with one attached hydrogen (secondary N) is 2. The molecule has 0 bridgehead atoms. The fourth-order valence-corrected chi connectivity index (χ4v) is 2.75. The molecule has 1 aromatic rings. The third-order valence-electron chi connectivity index (χ3n) is 3.87. The molecule has 0 radical (unpaired) electrons. The molecular formula is C22H33LiN4O7. The number of cyclic esters (lactones) is 1. The van der Waals surface area contributed by atoms with Crippen molar-refractivity contribution in [2.75, 3.05) is 37.0 Å². The van der Waals surface area contributed by atoms with E-state index >= 15 is 0 Å². The summed E-state index contributed by atoms with van der Waals surface area (Å²) in [6.07, 6.45) is -1.51. The summed E-state index contributed by atoms with van der Waals surface area (Å²) < 4.78 is 16.2. The fraction of sp³-hybridized carbons (Fsp3) is 0.591. The zero-order chi connectivity index (χ0) is 24.8. The van der Waals surface area contributed by atoms with Gasteiger partial charge < -0.3 is 34.8 Å². The van der Waals surface area contributed by atoms with Gasteiger partial charge >= 0.3 is 31.0 Å². The van der Waals surface area contributed by atoms with E-state index in [2.05, 4.69) is 15.8 Å². The van der Waals surface area contributed by atoms with Gasteiger partial charge in [0, 0.05) is 6.07 Å². The number of hydrogen-bond donors (Lipinski definition) is 2. The van der Waals surface area contributed by atoms with Crippen molar-refractivity contribution in [2.24, 2.45) is 5.16 Å². The van der Waals surface area contributed by atoms with Crippen molar-refractivity contribution in [2.45, 2.75) is 58.8 Å². The van der Waals surface area contributed by atoms with Crippen molar-refractivity contribution < 1.29 is 52.6 Å². The summed E-state index contributed by atoms with van der Waals surface area (Å²) in [6, 6.07) is 5.31. The standard InChI is InChI=1S/C18H24N4O6.C4H9O.Li/c1-18(2,3)28-16(23)19-8-12-9-22(17(24)27-12)11-5-6-13-14(7-11)26-10-15(20-13)21-25-4;1-4(2,3)5;/h5-7,12H,8-10H2,1-4H3,(H,19,23)(H,20,21);1-3H3;/q;-1;+1/t12-;;/m0../s1. The van der Waals surface area contributed by atoms with Crippen molar-refractivity contribution in [1.82, 2.24) is 5.32 Å². The van der Waals surface area contributed by atoms with E-state index in [4.69, 9.17) is 19.0 Å². The monoisotopic (exact) mass is 472 g/mol. The Morgan fingerprint density at radius 1 is 1.29 bits per heavy atom. The number of fused-ring (bicyclic) bond motifs is 1. The molecule has 2 aliphatic rings. The summed E-state index contributed by atoms with van der Waals surface area (Å²) in [6.45, 7) is 10.9. The number of carbonyl (C=O) groups is 2. The second-order valence-corrected chi connectivity index (χ2v) is 9.43. The molecule has 2 aliphatic heterocycles. The minimum absolute atomic E-state index is 0. The average molecular weight is 472 g/mol. The van der Waals surface area contributed by atoms with Crippen molar-refractivity contribution in [3.05, 3.63) is 18.2 Å². The van der Waals surface area contributed by atoms with E-state index in [-0.39, 0.29) is 32.0 Å². The second kappa shape index (κ2) is 12.2. The van der Waals surface area contributed by atoms with Crippen LogP contribution in [0.15, 0.2) is 23.4 Å². The van der Waals surface area contributed by atoms with Gasteiger partial charge in [0.25, 0.3) is 0 Å². The largest absolute Gasteiger partial charge is 1.00 e. The summed E-state index contributed by atoms with van der Waals surface area (Å²) >= 11 is 0. The van der Waals surface area contributed by atoms with E-state index in [1.54, 1.807) is 59.7 Å². The molecule has 0 spiro atoms. The van der Waals surface area contributed by atoms with Crippen molar-refractivity contribution in [3.8, 4) is 5.75 Å². The molecule has 0 aliphatic carbocycles. The quantitative estimate of drug-likeness (QED) is 0.441. The normalized spacial score (nSPS) is 18.2. The zero-order valence-corrected chi connectivity index (χ0v) is 21.2. The minimum atomic E-state index is -0.750. The van der Waals surface area contributed by atoms with Crippen molar-refractivity contribution in [3.63, 3.8) is 0 Å². The number of amidine groups is 1. The number of amides is 2. The van der Waals surface area contributed by atoms with Gasteiger partial charge in [0.05, 0.1) is 24.5 Å². The number of ether oxygens (including phenoxy) is 3. The molecular weight excluding hydrogens is 439 g/mol. The van der Waals surface area contributed by atoms with Crippen LogP contribution in [0, 0.1) is 0 Å². The number of alkyl carbamates (subject to hydrolysis) is 1. The van der Waals surface area contributed by atoms with Gasteiger partial charge in [-0.1, -0.05) is 25.9 Å². The first-order chi connectivity index (χ1) is 15.2. The molecule has 184 valence electrons. The smallest absolute Gasteiger partial charge is 0.850 e. The van der Waals surface area contributed by atoms with Gasteiger partial charge in [-0.2, -0.15) is 0 Å². The fourth-order valence-electron chi connectivity index (χ4n) is 2.75. The van der Waals surface area contributed by atoms with Crippen LogP contribution in [0.5, 0.6) is 5.75 Å². The SMILES string of the molecule is CC(C)(C)[O-].CON=C1COc2cc(N3C[C@H](CNC(=O)OC(C)(C)C)OC3=O)ccc2N1.[Li+]. The van der Waals surface area contributed by atoms with Crippen LogP contribution in [0.4, 0.5) is 21.0 Å². The number of nitrogens with zero attached hydrogens (tertiary/aromatic N) is 2. The van der Waals surface area contributed by atoms with Crippen LogP contribution < -0.4 is 44.2 Å². The van der Waals surface area contributed by atoms with Crippen LogP contribution >= 0.6 is 0 Å². The van der Waals surface area contributed by atoms with Crippen LogP contribution in [0.2, 0.25) is 0 Å². The molecule has 3 rings (SSSR count). The molecule has 1 atom stereocenters. The number of carbonyl (C=O) groups excluding carboxylic acids is 2. The molecule has 12 heteroatoms. The average Bonchev–Trinajstić information content (AvgIpc) is 3.04. The van der Waals surface area contributed by atoms with E-state index in [0.29, 0.717) is 23.8 Å². The Hall–Kier alpha value is -2.61. The Kier molecular flexibility index (Phi) is 10.6.